The molecule has 0 aromatic carbocycles. The van der Waals surface area contributed by atoms with E-state index in [2.05, 4.69) is 41.7 Å². The van der Waals surface area contributed by atoms with Gasteiger partial charge in [0.25, 0.3) is 0 Å². The normalized spacial score (nSPS) is 12.0. The van der Waals surface area contributed by atoms with Gasteiger partial charge in [0.1, 0.15) is 5.69 Å². The molecule has 0 aliphatic heterocycles. The minimum Gasteiger partial charge on any atom is -0.296 e. The Morgan fingerprint density at radius 2 is 2.12 bits per heavy atom. The quantitative estimate of drug-likeness (QED) is 0.752. The highest BCUT2D eigenvalue weighted by Gasteiger charge is 2.23. The molecule has 0 amide bonds. The van der Waals surface area contributed by atoms with Gasteiger partial charge in [-0.3, -0.25) is 9.20 Å². The largest absolute Gasteiger partial charge is 0.296 e. The molecule has 0 fully saturated rings. The Morgan fingerprint density at radius 1 is 1.44 bits per heavy atom. The van der Waals surface area contributed by atoms with Crippen molar-refractivity contribution >= 4 is 27.9 Å². The van der Waals surface area contributed by atoms with Crippen LogP contribution in [0.1, 0.15) is 37.0 Å². The number of hydrogen-bond donors (Lipinski definition) is 0. The van der Waals surface area contributed by atoms with Crippen molar-refractivity contribution in [2.75, 3.05) is 0 Å². The molecule has 2 aromatic rings. The lowest BCUT2D eigenvalue weighted by Gasteiger charge is -2.15. The summed E-state index contributed by atoms with van der Waals surface area (Å²) in [5.41, 5.74) is 2.11. The summed E-state index contributed by atoms with van der Waals surface area (Å²) in [5, 5.41) is 0. The average Bonchev–Trinajstić information content (AvgIpc) is 2.57. The molecule has 16 heavy (non-hydrogen) atoms. The molecule has 2 rings (SSSR count). The van der Waals surface area contributed by atoms with Crippen LogP contribution in [0.3, 0.4) is 0 Å². The Kier molecular flexibility index (Phi) is 2.62. The number of fused-ring (bicyclic) bond motifs is 1. The maximum Gasteiger partial charge on any atom is 0.168 e. The zero-order valence-electron chi connectivity index (χ0n) is 9.49. The fourth-order valence-corrected chi connectivity index (χ4v) is 2.15. The molecule has 0 atom stereocenters. The van der Waals surface area contributed by atoms with Crippen LogP contribution in [0.15, 0.2) is 22.8 Å². The summed E-state index contributed by atoms with van der Waals surface area (Å²) >= 11 is 3.44. The van der Waals surface area contributed by atoms with Crippen LogP contribution >= 0.6 is 15.9 Å². The van der Waals surface area contributed by atoms with E-state index in [1.54, 1.807) is 0 Å². The van der Waals surface area contributed by atoms with Crippen molar-refractivity contribution in [3.05, 3.63) is 34.2 Å². The highest BCUT2D eigenvalue weighted by molar-refractivity contribution is 9.10. The van der Waals surface area contributed by atoms with Crippen molar-refractivity contribution in [3.63, 3.8) is 0 Å². The molecule has 0 saturated heterocycles. The number of rotatable bonds is 1. The van der Waals surface area contributed by atoms with Gasteiger partial charge in [-0.2, -0.15) is 0 Å². The Balaban J connectivity index is 2.87. The van der Waals surface area contributed by atoms with Crippen LogP contribution in [0.2, 0.25) is 0 Å². The van der Waals surface area contributed by atoms with E-state index in [0.29, 0.717) is 5.69 Å². The van der Waals surface area contributed by atoms with Gasteiger partial charge in [-0.25, -0.2) is 4.98 Å². The SMILES string of the molecule is CC(C)(C)c1nc2c(Br)cccn2c1C=O. The number of aromatic nitrogens is 2. The fraction of sp³-hybridized carbons (Fsp3) is 0.333. The van der Waals surface area contributed by atoms with E-state index >= 15 is 0 Å². The molecular formula is C12H13BrN2O. The van der Waals surface area contributed by atoms with Gasteiger partial charge >= 0.3 is 0 Å². The minimum atomic E-state index is -0.137. The Labute approximate surface area is 103 Å². The number of pyridine rings is 1. The van der Waals surface area contributed by atoms with Gasteiger partial charge in [-0.05, 0) is 28.1 Å². The van der Waals surface area contributed by atoms with Crippen molar-refractivity contribution in [1.29, 1.82) is 0 Å². The third-order valence-corrected chi connectivity index (χ3v) is 3.08. The lowest BCUT2D eigenvalue weighted by Crippen LogP contribution is -2.14. The predicted molar refractivity (Wildman–Crippen MR) is 67.0 cm³/mol. The first-order valence-electron chi connectivity index (χ1n) is 5.07. The van der Waals surface area contributed by atoms with Crippen LogP contribution in [0.25, 0.3) is 5.65 Å². The number of halogens is 1. The summed E-state index contributed by atoms with van der Waals surface area (Å²) in [6.07, 6.45) is 2.72. The van der Waals surface area contributed by atoms with Crippen LogP contribution in [-0.2, 0) is 5.41 Å². The van der Waals surface area contributed by atoms with Crippen LogP contribution in [0.4, 0.5) is 0 Å². The highest BCUT2D eigenvalue weighted by atomic mass is 79.9. The first kappa shape index (κ1) is 11.3. The van der Waals surface area contributed by atoms with Gasteiger partial charge in [-0.15, -0.1) is 0 Å². The van der Waals surface area contributed by atoms with Crippen LogP contribution in [0, 0.1) is 0 Å². The summed E-state index contributed by atoms with van der Waals surface area (Å²) in [6.45, 7) is 6.15. The number of hydrogen-bond acceptors (Lipinski definition) is 2. The van der Waals surface area contributed by atoms with Crippen LogP contribution in [-0.4, -0.2) is 15.7 Å². The number of carbonyl (C=O) groups excluding carboxylic acids is 1. The maximum atomic E-state index is 11.2. The molecular weight excluding hydrogens is 268 g/mol. The van der Waals surface area contributed by atoms with Gasteiger partial charge in [0.2, 0.25) is 0 Å². The summed E-state index contributed by atoms with van der Waals surface area (Å²) in [4.78, 5) is 15.7. The monoisotopic (exact) mass is 280 g/mol. The van der Waals surface area contributed by atoms with E-state index in [-0.39, 0.29) is 5.41 Å². The van der Waals surface area contributed by atoms with Gasteiger partial charge in [-0.1, -0.05) is 20.8 Å². The van der Waals surface area contributed by atoms with Crippen molar-refractivity contribution in [2.45, 2.75) is 26.2 Å². The molecule has 0 unspecified atom stereocenters. The molecule has 0 saturated carbocycles. The highest BCUT2D eigenvalue weighted by Crippen LogP contribution is 2.27. The van der Waals surface area contributed by atoms with Crippen molar-refractivity contribution in [1.82, 2.24) is 9.38 Å². The third-order valence-electron chi connectivity index (χ3n) is 2.46. The standard InChI is InChI=1S/C12H13BrN2O/c1-12(2,3)10-9(7-16)15-6-4-5-8(13)11(15)14-10/h4-7H,1-3H3. The molecule has 0 radical (unpaired) electrons. The predicted octanol–water partition coefficient (Wildman–Crippen LogP) is 3.21. The average molecular weight is 281 g/mol. The summed E-state index contributed by atoms with van der Waals surface area (Å²) in [7, 11) is 0. The maximum absolute atomic E-state index is 11.2. The van der Waals surface area contributed by atoms with Gasteiger partial charge < -0.3 is 0 Å². The molecule has 3 nitrogen and oxygen atoms in total. The Bertz CT molecular complexity index is 552. The van der Waals surface area contributed by atoms with Gasteiger partial charge in [0.15, 0.2) is 11.9 Å². The molecule has 4 heteroatoms. The van der Waals surface area contributed by atoms with E-state index in [9.17, 15) is 4.79 Å². The number of imidazole rings is 1. The zero-order chi connectivity index (χ0) is 11.9. The van der Waals surface area contributed by atoms with Gasteiger partial charge in [0, 0.05) is 11.6 Å². The molecule has 0 bridgehead atoms. The fourth-order valence-electron chi connectivity index (χ4n) is 1.72. The smallest absolute Gasteiger partial charge is 0.168 e. The lowest BCUT2D eigenvalue weighted by atomic mass is 9.91. The zero-order valence-corrected chi connectivity index (χ0v) is 11.1. The molecule has 0 aliphatic carbocycles. The van der Waals surface area contributed by atoms with E-state index in [1.807, 2.05) is 22.7 Å². The van der Waals surface area contributed by atoms with E-state index in [1.165, 1.54) is 0 Å². The summed E-state index contributed by atoms with van der Waals surface area (Å²) in [5.74, 6) is 0. The van der Waals surface area contributed by atoms with Crippen molar-refractivity contribution in [3.8, 4) is 0 Å². The first-order valence-corrected chi connectivity index (χ1v) is 5.86. The number of aldehydes is 1. The van der Waals surface area contributed by atoms with Gasteiger partial charge in [0.05, 0.1) is 10.2 Å². The molecule has 2 heterocycles. The second kappa shape index (κ2) is 3.70. The lowest BCUT2D eigenvalue weighted by molar-refractivity contribution is 0.111. The van der Waals surface area contributed by atoms with Crippen molar-refractivity contribution in [2.24, 2.45) is 0 Å². The Morgan fingerprint density at radius 3 is 2.69 bits per heavy atom. The molecule has 0 N–H and O–H groups in total. The second-order valence-electron chi connectivity index (χ2n) is 4.76. The van der Waals surface area contributed by atoms with E-state index in [4.69, 9.17) is 0 Å². The first-order chi connectivity index (χ1) is 7.45. The second-order valence-corrected chi connectivity index (χ2v) is 5.62. The molecule has 0 spiro atoms. The number of carbonyl (C=O) groups is 1. The molecule has 84 valence electrons. The van der Waals surface area contributed by atoms with Crippen LogP contribution in [0.5, 0.6) is 0 Å². The summed E-state index contributed by atoms with van der Waals surface area (Å²) in [6, 6.07) is 3.81. The third kappa shape index (κ3) is 1.67. The van der Waals surface area contributed by atoms with Crippen LogP contribution < -0.4 is 0 Å². The van der Waals surface area contributed by atoms with E-state index in [0.717, 1.165) is 22.1 Å². The summed E-state index contributed by atoms with van der Waals surface area (Å²) < 4.78 is 2.71. The molecule has 0 aliphatic rings. The Hall–Kier alpha value is -1.16. The van der Waals surface area contributed by atoms with Crippen molar-refractivity contribution < 1.29 is 4.79 Å². The number of nitrogens with zero attached hydrogens (tertiary/aromatic N) is 2. The minimum absolute atomic E-state index is 0.137. The molecule has 2 aromatic heterocycles. The van der Waals surface area contributed by atoms with E-state index < -0.39 is 0 Å². The topological polar surface area (TPSA) is 34.4 Å².